The smallest absolute Gasteiger partial charge is 0.239 e. The molecule has 1 rings (SSSR count). The Bertz CT molecular complexity index is 479. The predicted molar refractivity (Wildman–Crippen MR) is 86.5 cm³/mol. The second-order valence-electron chi connectivity index (χ2n) is 6.13. The van der Waals surface area contributed by atoms with Crippen LogP contribution in [0.5, 0.6) is 0 Å². The molecule has 21 heavy (non-hydrogen) atoms. The zero-order chi connectivity index (χ0) is 16.2. The number of nitrogens with one attached hydrogen (secondary N) is 2. The molecule has 0 saturated heterocycles. The predicted octanol–water partition coefficient (Wildman–Crippen LogP) is 1.19. The van der Waals surface area contributed by atoms with Crippen LogP contribution in [0.3, 0.4) is 0 Å². The van der Waals surface area contributed by atoms with E-state index in [0.717, 1.165) is 23.6 Å². The van der Waals surface area contributed by atoms with Crippen molar-refractivity contribution in [3.8, 4) is 0 Å². The van der Waals surface area contributed by atoms with Crippen molar-refractivity contribution >= 4 is 11.7 Å². The molecule has 0 spiro atoms. The molecule has 0 fully saturated rings. The van der Waals surface area contributed by atoms with Crippen molar-refractivity contribution in [2.75, 3.05) is 18.5 Å². The summed E-state index contributed by atoms with van der Waals surface area (Å²) < 4.78 is 1.84. The van der Waals surface area contributed by atoms with Gasteiger partial charge in [0.15, 0.2) is 0 Å². The number of hydrogen-bond donors (Lipinski definition) is 2. The van der Waals surface area contributed by atoms with Gasteiger partial charge in [-0.2, -0.15) is 5.10 Å². The molecule has 6 heteroatoms. The molecule has 0 aromatic carbocycles. The molecular formula is C15H29N5O. The molecule has 1 aromatic heterocycles. The minimum atomic E-state index is 0.0223. The van der Waals surface area contributed by atoms with Gasteiger partial charge in [0.25, 0.3) is 0 Å². The molecule has 2 N–H and O–H groups in total. The van der Waals surface area contributed by atoms with Crippen LogP contribution in [0.1, 0.15) is 39.0 Å². The van der Waals surface area contributed by atoms with Gasteiger partial charge in [0, 0.05) is 38.3 Å². The maximum absolute atomic E-state index is 11.9. The fourth-order valence-corrected chi connectivity index (χ4v) is 2.34. The molecule has 1 amide bonds. The van der Waals surface area contributed by atoms with E-state index in [0.29, 0.717) is 12.6 Å². The maximum atomic E-state index is 11.9. The van der Waals surface area contributed by atoms with Crippen molar-refractivity contribution in [3.05, 3.63) is 11.3 Å². The first-order valence-electron chi connectivity index (χ1n) is 7.48. The summed E-state index contributed by atoms with van der Waals surface area (Å²) >= 11 is 0. The van der Waals surface area contributed by atoms with Gasteiger partial charge in [-0.05, 0) is 20.8 Å². The van der Waals surface area contributed by atoms with E-state index in [9.17, 15) is 4.79 Å². The first-order chi connectivity index (χ1) is 9.72. The summed E-state index contributed by atoms with van der Waals surface area (Å²) in [6.07, 6.45) is 0. The summed E-state index contributed by atoms with van der Waals surface area (Å²) in [6.45, 7) is 11.2. The van der Waals surface area contributed by atoms with Crippen LogP contribution in [-0.4, -0.2) is 41.4 Å². The summed E-state index contributed by atoms with van der Waals surface area (Å²) in [7, 11) is 3.84. The molecule has 0 saturated carbocycles. The van der Waals surface area contributed by atoms with Crippen LogP contribution in [0.15, 0.2) is 0 Å². The van der Waals surface area contributed by atoms with Crippen molar-refractivity contribution in [3.63, 3.8) is 0 Å². The van der Waals surface area contributed by atoms with Gasteiger partial charge in [-0.15, -0.1) is 0 Å². The number of amides is 1. The Kier molecular flexibility index (Phi) is 6.20. The minimum Gasteiger partial charge on any atom is -0.352 e. The maximum Gasteiger partial charge on any atom is 0.239 e. The second-order valence-corrected chi connectivity index (χ2v) is 6.13. The van der Waals surface area contributed by atoms with E-state index in [4.69, 9.17) is 0 Å². The highest BCUT2D eigenvalue weighted by atomic mass is 16.2. The van der Waals surface area contributed by atoms with Crippen LogP contribution < -0.4 is 15.5 Å². The summed E-state index contributed by atoms with van der Waals surface area (Å²) in [4.78, 5) is 13.9. The fourth-order valence-electron chi connectivity index (χ4n) is 2.34. The normalized spacial score (nSPS) is 11.3. The largest absolute Gasteiger partial charge is 0.352 e. The molecule has 1 aromatic rings. The van der Waals surface area contributed by atoms with Crippen LogP contribution in [0, 0.1) is 6.92 Å². The molecule has 0 aliphatic carbocycles. The van der Waals surface area contributed by atoms with Crippen LogP contribution in [0.4, 0.5) is 5.82 Å². The summed E-state index contributed by atoms with van der Waals surface area (Å²) in [6, 6.07) is 0.563. The lowest BCUT2D eigenvalue weighted by Gasteiger charge is -2.22. The van der Waals surface area contributed by atoms with Crippen LogP contribution >= 0.6 is 0 Å². The van der Waals surface area contributed by atoms with Crippen molar-refractivity contribution in [1.82, 2.24) is 20.4 Å². The Morgan fingerprint density at radius 3 is 2.43 bits per heavy atom. The summed E-state index contributed by atoms with van der Waals surface area (Å²) in [5, 5.41) is 10.8. The number of aromatic nitrogens is 2. The number of likely N-dealkylation sites (N-methyl/N-ethyl adjacent to an activating group) is 1. The molecule has 0 radical (unpaired) electrons. The third kappa shape index (κ3) is 5.04. The Morgan fingerprint density at radius 1 is 1.29 bits per heavy atom. The van der Waals surface area contributed by atoms with Crippen molar-refractivity contribution in [1.29, 1.82) is 0 Å². The Morgan fingerprint density at radius 2 is 1.90 bits per heavy atom. The molecule has 1 heterocycles. The number of rotatable bonds is 7. The average molecular weight is 295 g/mol. The van der Waals surface area contributed by atoms with Gasteiger partial charge in [-0.25, -0.2) is 0 Å². The van der Waals surface area contributed by atoms with Gasteiger partial charge >= 0.3 is 0 Å². The third-order valence-corrected chi connectivity index (χ3v) is 3.19. The van der Waals surface area contributed by atoms with E-state index < -0.39 is 0 Å². The minimum absolute atomic E-state index is 0.0223. The molecule has 6 nitrogen and oxygen atoms in total. The molecule has 120 valence electrons. The van der Waals surface area contributed by atoms with Gasteiger partial charge in [-0.3, -0.25) is 9.48 Å². The molecule has 0 atom stereocenters. The second kappa shape index (κ2) is 7.45. The Labute approximate surface area is 127 Å². The SMILES string of the molecule is Cc1nn(C)c(N(C)CC(=O)NC(C)C)c1CNC(C)C. The highest BCUT2D eigenvalue weighted by Gasteiger charge is 2.19. The van der Waals surface area contributed by atoms with E-state index >= 15 is 0 Å². The third-order valence-electron chi connectivity index (χ3n) is 3.19. The first kappa shape index (κ1) is 17.5. The van der Waals surface area contributed by atoms with Gasteiger partial charge in [0.05, 0.1) is 12.2 Å². The molecule has 0 unspecified atom stereocenters. The first-order valence-corrected chi connectivity index (χ1v) is 7.48. The monoisotopic (exact) mass is 295 g/mol. The van der Waals surface area contributed by atoms with E-state index in [1.807, 2.05) is 44.4 Å². The quantitative estimate of drug-likeness (QED) is 0.793. The molecular weight excluding hydrogens is 266 g/mol. The highest BCUT2D eigenvalue weighted by Crippen LogP contribution is 2.22. The number of anilines is 1. The average Bonchev–Trinajstić information content (AvgIpc) is 2.59. The zero-order valence-electron chi connectivity index (χ0n) is 14.3. The zero-order valence-corrected chi connectivity index (χ0v) is 14.3. The van der Waals surface area contributed by atoms with Crippen molar-refractivity contribution in [2.45, 2.75) is 53.2 Å². The lowest BCUT2D eigenvalue weighted by atomic mass is 10.2. The van der Waals surface area contributed by atoms with Crippen LogP contribution in [0.2, 0.25) is 0 Å². The van der Waals surface area contributed by atoms with Crippen LogP contribution in [0.25, 0.3) is 0 Å². The van der Waals surface area contributed by atoms with Gasteiger partial charge < -0.3 is 15.5 Å². The number of nitrogens with zero attached hydrogens (tertiary/aromatic N) is 3. The Hall–Kier alpha value is -1.56. The van der Waals surface area contributed by atoms with Crippen molar-refractivity contribution in [2.24, 2.45) is 7.05 Å². The number of carbonyl (C=O) groups excluding carboxylic acids is 1. The number of aryl methyl sites for hydroxylation is 2. The van der Waals surface area contributed by atoms with Gasteiger partial charge in [0.1, 0.15) is 5.82 Å². The number of hydrogen-bond acceptors (Lipinski definition) is 4. The topological polar surface area (TPSA) is 62.2 Å². The van der Waals surface area contributed by atoms with Crippen LogP contribution in [-0.2, 0) is 18.4 Å². The van der Waals surface area contributed by atoms with Gasteiger partial charge in [0.2, 0.25) is 5.91 Å². The van der Waals surface area contributed by atoms with Crippen molar-refractivity contribution < 1.29 is 4.79 Å². The summed E-state index contributed by atoms with van der Waals surface area (Å²) in [5.74, 6) is 1.01. The van der Waals surface area contributed by atoms with Gasteiger partial charge in [-0.1, -0.05) is 13.8 Å². The molecule has 0 aliphatic heterocycles. The molecule has 0 bridgehead atoms. The summed E-state index contributed by atoms with van der Waals surface area (Å²) in [5.41, 5.74) is 2.14. The lowest BCUT2D eigenvalue weighted by Crippen LogP contribution is -2.39. The lowest BCUT2D eigenvalue weighted by molar-refractivity contribution is -0.120. The van der Waals surface area contributed by atoms with E-state index in [2.05, 4.69) is 29.6 Å². The Balaban J connectivity index is 2.87. The fraction of sp³-hybridized carbons (Fsp3) is 0.733. The van der Waals surface area contributed by atoms with E-state index in [1.54, 1.807) is 0 Å². The molecule has 0 aliphatic rings. The van der Waals surface area contributed by atoms with E-state index in [-0.39, 0.29) is 11.9 Å². The number of carbonyl (C=O) groups is 1. The highest BCUT2D eigenvalue weighted by molar-refractivity contribution is 5.81. The standard InChI is InChI=1S/C15H29N5O/c1-10(2)16-8-13-12(5)18-20(7)15(13)19(6)9-14(21)17-11(3)4/h10-11,16H,8-9H2,1-7H3,(H,17,21). The van der Waals surface area contributed by atoms with E-state index in [1.165, 1.54) is 0 Å².